The van der Waals surface area contributed by atoms with Gasteiger partial charge >= 0.3 is 0 Å². The van der Waals surface area contributed by atoms with Crippen molar-refractivity contribution in [3.05, 3.63) is 35.4 Å². The third-order valence-electron chi connectivity index (χ3n) is 11.9. The first-order valence-corrected chi connectivity index (χ1v) is 16.8. The quantitative estimate of drug-likeness (QED) is 0.340. The van der Waals surface area contributed by atoms with E-state index in [0.717, 1.165) is 47.3 Å². The van der Waals surface area contributed by atoms with E-state index in [1.807, 2.05) is 0 Å². The molecule has 0 aromatic heterocycles. The van der Waals surface area contributed by atoms with Crippen LogP contribution < -0.4 is 0 Å². The van der Waals surface area contributed by atoms with Crippen LogP contribution in [0.1, 0.15) is 165 Å². The molecule has 0 saturated heterocycles. The Balaban J connectivity index is 1.04. The van der Waals surface area contributed by atoms with Gasteiger partial charge in [-0.1, -0.05) is 89.5 Å². The average Bonchev–Trinajstić information content (AvgIpc) is 2.95. The molecule has 0 bridgehead atoms. The van der Waals surface area contributed by atoms with Crippen molar-refractivity contribution in [2.75, 3.05) is 0 Å². The number of hydrogen-bond donors (Lipinski definition) is 0. The van der Waals surface area contributed by atoms with Gasteiger partial charge in [-0.05, 0) is 136 Å². The highest BCUT2D eigenvalue weighted by Crippen LogP contribution is 2.46. The Morgan fingerprint density at radius 1 is 0.417 bits per heavy atom. The van der Waals surface area contributed by atoms with Crippen LogP contribution in [-0.2, 0) is 0 Å². The van der Waals surface area contributed by atoms with Crippen LogP contribution in [0, 0.1) is 35.5 Å². The molecule has 0 unspecified atom stereocenters. The van der Waals surface area contributed by atoms with Gasteiger partial charge in [0.25, 0.3) is 0 Å². The lowest BCUT2D eigenvalue weighted by Crippen LogP contribution is -2.25. The molecule has 4 aliphatic rings. The summed E-state index contributed by atoms with van der Waals surface area (Å²) >= 11 is 0. The van der Waals surface area contributed by atoms with Crippen LogP contribution in [0.3, 0.4) is 0 Å². The Labute approximate surface area is 224 Å². The first-order chi connectivity index (χ1) is 17.7. The van der Waals surface area contributed by atoms with Gasteiger partial charge < -0.3 is 0 Å². The van der Waals surface area contributed by atoms with Crippen LogP contribution >= 0.6 is 0 Å². The van der Waals surface area contributed by atoms with Gasteiger partial charge in [0, 0.05) is 0 Å². The van der Waals surface area contributed by atoms with Gasteiger partial charge in [0.15, 0.2) is 0 Å². The van der Waals surface area contributed by atoms with E-state index >= 15 is 0 Å². The van der Waals surface area contributed by atoms with E-state index in [1.165, 1.54) is 128 Å². The van der Waals surface area contributed by atoms with Crippen molar-refractivity contribution < 1.29 is 0 Å². The summed E-state index contributed by atoms with van der Waals surface area (Å²) in [4.78, 5) is 0. The number of benzene rings is 1. The lowest BCUT2D eigenvalue weighted by Gasteiger charge is -2.38. The maximum atomic E-state index is 2.54. The Kier molecular flexibility index (Phi) is 9.93. The third kappa shape index (κ3) is 6.80. The highest BCUT2D eigenvalue weighted by atomic mass is 14.4. The highest BCUT2D eigenvalue weighted by molar-refractivity contribution is 5.28. The second kappa shape index (κ2) is 13.3. The van der Waals surface area contributed by atoms with Gasteiger partial charge in [0.2, 0.25) is 0 Å². The van der Waals surface area contributed by atoms with E-state index in [9.17, 15) is 0 Å². The van der Waals surface area contributed by atoms with Crippen LogP contribution in [0.2, 0.25) is 0 Å². The normalized spacial score (nSPS) is 38.1. The zero-order chi connectivity index (χ0) is 24.7. The maximum Gasteiger partial charge on any atom is -0.0162 e. The molecule has 0 N–H and O–H groups in total. The fraction of sp³-hybridized carbons (Fsp3) is 0.833. The first kappa shape index (κ1) is 26.8. The molecular weight excluding hydrogens is 432 g/mol. The van der Waals surface area contributed by atoms with Gasteiger partial charge in [-0.2, -0.15) is 0 Å². The van der Waals surface area contributed by atoms with Crippen LogP contribution in [-0.4, -0.2) is 0 Å². The molecule has 0 atom stereocenters. The van der Waals surface area contributed by atoms with Crippen LogP contribution in [0.4, 0.5) is 0 Å². The molecule has 4 fully saturated rings. The molecule has 1 aromatic rings. The predicted molar refractivity (Wildman–Crippen MR) is 157 cm³/mol. The van der Waals surface area contributed by atoms with Crippen molar-refractivity contribution in [3.63, 3.8) is 0 Å². The molecule has 0 heteroatoms. The topological polar surface area (TPSA) is 0 Å². The number of rotatable bonds is 8. The van der Waals surface area contributed by atoms with Crippen LogP contribution in [0.5, 0.6) is 0 Å². The fourth-order valence-corrected chi connectivity index (χ4v) is 9.60. The SMILES string of the molecule is CCC[C@H]1CC[C@H]([C@H]2CC[C@H](c3ccc([C@H]4CC[C@H]([C@H]5CC[C@H](CCC)CC5)CC4)cc3)CC2)CC1. The van der Waals surface area contributed by atoms with E-state index in [1.54, 1.807) is 11.1 Å². The van der Waals surface area contributed by atoms with Crippen molar-refractivity contribution in [3.8, 4) is 0 Å². The summed E-state index contributed by atoms with van der Waals surface area (Å²) < 4.78 is 0. The summed E-state index contributed by atoms with van der Waals surface area (Å²) in [6.07, 6.45) is 29.8. The minimum Gasteiger partial charge on any atom is -0.0654 e. The van der Waals surface area contributed by atoms with Crippen molar-refractivity contribution >= 4 is 0 Å². The molecule has 0 heterocycles. The molecule has 5 rings (SSSR count). The lowest BCUT2D eigenvalue weighted by molar-refractivity contribution is 0.156. The Morgan fingerprint density at radius 2 is 0.694 bits per heavy atom. The Hall–Kier alpha value is -0.780. The molecule has 202 valence electrons. The van der Waals surface area contributed by atoms with E-state index in [0.29, 0.717) is 0 Å². The average molecular weight is 491 g/mol. The second-order valence-electron chi connectivity index (χ2n) is 14.0. The minimum absolute atomic E-state index is 0.838. The van der Waals surface area contributed by atoms with Crippen molar-refractivity contribution in [1.29, 1.82) is 0 Å². The van der Waals surface area contributed by atoms with E-state index in [-0.39, 0.29) is 0 Å². The van der Waals surface area contributed by atoms with Gasteiger partial charge in [-0.15, -0.1) is 0 Å². The largest absolute Gasteiger partial charge is 0.0654 e. The predicted octanol–water partition coefficient (Wildman–Crippen LogP) is 11.4. The number of hydrogen-bond acceptors (Lipinski definition) is 0. The zero-order valence-electron chi connectivity index (χ0n) is 24.1. The molecule has 0 nitrogen and oxygen atoms in total. The maximum absolute atomic E-state index is 2.54. The van der Waals surface area contributed by atoms with Gasteiger partial charge in [-0.25, -0.2) is 0 Å². The smallest absolute Gasteiger partial charge is 0.0162 e. The fourth-order valence-electron chi connectivity index (χ4n) is 9.60. The zero-order valence-corrected chi connectivity index (χ0v) is 24.1. The monoisotopic (exact) mass is 490 g/mol. The van der Waals surface area contributed by atoms with Crippen molar-refractivity contribution in [2.24, 2.45) is 35.5 Å². The summed E-state index contributed by atoms with van der Waals surface area (Å²) in [5.41, 5.74) is 3.31. The first-order valence-electron chi connectivity index (χ1n) is 16.8. The summed E-state index contributed by atoms with van der Waals surface area (Å²) in [6, 6.07) is 10.2. The molecule has 4 aliphatic carbocycles. The summed E-state index contributed by atoms with van der Waals surface area (Å²) in [5.74, 6) is 7.99. The molecular formula is C36H58. The molecule has 0 amide bonds. The highest BCUT2D eigenvalue weighted by Gasteiger charge is 2.33. The third-order valence-corrected chi connectivity index (χ3v) is 11.9. The molecule has 0 spiro atoms. The van der Waals surface area contributed by atoms with Crippen LogP contribution in [0.15, 0.2) is 24.3 Å². The van der Waals surface area contributed by atoms with Gasteiger partial charge in [-0.3, -0.25) is 0 Å². The molecule has 36 heavy (non-hydrogen) atoms. The second-order valence-corrected chi connectivity index (χ2v) is 14.0. The summed E-state index contributed by atoms with van der Waals surface area (Å²) in [6.45, 7) is 4.73. The van der Waals surface area contributed by atoms with Gasteiger partial charge in [0.05, 0.1) is 0 Å². The van der Waals surface area contributed by atoms with Crippen molar-refractivity contribution in [1.82, 2.24) is 0 Å². The standard InChI is InChI=1S/C36H58/c1-3-5-27-7-11-29(12-8-27)31-15-19-33(20-16-31)35-23-25-36(26-24-35)34-21-17-32(18-22-34)30-13-9-28(6-4-2)10-14-30/h23-34H,3-22H2,1-2H3/t27-,28-,29-,30-,31-,32-,33-,34-. The van der Waals surface area contributed by atoms with Crippen LogP contribution in [0.25, 0.3) is 0 Å². The van der Waals surface area contributed by atoms with Crippen molar-refractivity contribution in [2.45, 2.75) is 154 Å². The minimum atomic E-state index is 0.838. The molecule has 4 saturated carbocycles. The Bertz CT molecular complexity index is 664. The van der Waals surface area contributed by atoms with E-state index < -0.39 is 0 Å². The lowest BCUT2D eigenvalue weighted by atomic mass is 9.67. The molecule has 1 aromatic carbocycles. The van der Waals surface area contributed by atoms with E-state index in [2.05, 4.69) is 38.1 Å². The summed E-state index contributed by atoms with van der Waals surface area (Å²) in [7, 11) is 0. The molecule has 0 aliphatic heterocycles. The summed E-state index contributed by atoms with van der Waals surface area (Å²) in [5, 5.41) is 0. The Morgan fingerprint density at radius 3 is 0.972 bits per heavy atom. The van der Waals surface area contributed by atoms with E-state index in [4.69, 9.17) is 0 Å². The molecule has 0 radical (unpaired) electrons. The van der Waals surface area contributed by atoms with Gasteiger partial charge in [0.1, 0.15) is 0 Å².